The number of imidazole rings is 1. The summed E-state index contributed by atoms with van der Waals surface area (Å²) in [7, 11) is 0. The van der Waals surface area contributed by atoms with Crippen LogP contribution in [0.25, 0.3) is 22.4 Å². The number of hydrogen-bond donors (Lipinski definition) is 1. The zero-order valence-electron chi connectivity index (χ0n) is 13.8. The molecule has 1 heterocycles. The van der Waals surface area contributed by atoms with Crippen LogP contribution in [-0.2, 0) is 6.61 Å². The Morgan fingerprint density at radius 1 is 1.00 bits per heavy atom. The van der Waals surface area contributed by atoms with Gasteiger partial charge in [0.1, 0.15) is 18.2 Å². The number of benzene rings is 3. The molecule has 0 saturated carbocycles. The van der Waals surface area contributed by atoms with Gasteiger partial charge in [-0.2, -0.15) is 0 Å². The lowest BCUT2D eigenvalue weighted by Crippen LogP contribution is -1.97. The van der Waals surface area contributed by atoms with E-state index in [1.54, 1.807) is 0 Å². The molecule has 0 aliphatic rings. The zero-order chi connectivity index (χ0) is 17.2. The fourth-order valence-electron chi connectivity index (χ4n) is 2.74. The summed E-state index contributed by atoms with van der Waals surface area (Å²) < 4.78 is 6.05. The molecular formula is C21H17ClN2O. The van der Waals surface area contributed by atoms with E-state index in [1.165, 1.54) is 5.56 Å². The van der Waals surface area contributed by atoms with Gasteiger partial charge in [-0.25, -0.2) is 4.98 Å². The van der Waals surface area contributed by atoms with Crippen molar-refractivity contribution in [1.82, 2.24) is 9.97 Å². The van der Waals surface area contributed by atoms with E-state index in [-0.39, 0.29) is 0 Å². The first kappa shape index (κ1) is 15.7. The number of fused-ring (bicyclic) bond motifs is 1. The second kappa shape index (κ2) is 6.61. The van der Waals surface area contributed by atoms with Gasteiger partial charge in [0, 0.05) is 5.02 Å². The average Bonchev–Trinajstić information content (AvgIpc) is 3.06. The summed E-state index contributed by atoms with van der Waals surface area (Å²) in [5, 5.41) is 0.651. The number of aromatic nitrogens is 2. The topological polar surface area (TPSA) is 37.9 Å². The Bertz CT molecular complexity index is 989. The van der Waals surface area contributed by atoms with E-state index in [1.807, 2.05) is 42.5 Å². The molecule has 25 heavy (non-hydrogen) atoms. The van der Waals surface area contributed by atoms with Crippen LogP contribution in [0, 0.1) is 6.92 Å². The normalized spacial score (nSPS) is 11.0. The largest absolute Gasteiger partial charge is 0.488 e. The maximum absolute atomic E-state index is 6.20. The molecule has 1 aromatic heterocycles. The Morgan fingerprint density at radius 3 is 2.60 bits per heavy atom. The summed E-state index contributed by atoms with van der Waals surface area (Å²) in [6.07, 6.45) is 0. The number of nitrogens with one attached hydrogen (secondary N) is 1. The minimum Gasteiger partial charge on any atom is -0.488 e. The zero-order valence-corrected chi connectivity index (χ0v) is 14.5. The van der Waals surface area contributed by atoms with Gasteiger partial charge >= 0.3 is 0 Å². The van der Waals surface area contributed by atoms with Crippen molar-refractivity contribution >= 4 is 22.6 Å². The maximum atomic E-state index is 6.20. The van der Waals surface area contributed by atoms with Crippen LogP contribution < -0.4 is 4.74 Å². The van der Waals surface area contributed by atoms with Crippen LogP contribution in [0.3, 0.4) is 0 Å². The number of hydrogen-bond acceptors (Lipinski definition) is 2. The Hall–Kier alpha value is -2.78. The molecule has 124 valence electrons. The van der Waals surface area contributed by atoms with Gasteiger partial charge in [0.15, 0.2) is 0 Å². The van der Waals surface area contributed by atoms with E-state index in [4.69, 9.17) is 16.3 Å². The summed E-state index contributed by atoms with van der Waals surface area (Å²) in [4.78, 5) is 7.99. The minimum absolute atomic E-state index is 0.495. The highest BCUT2D eigenvalue weighted by Crippen LogP contribution is 2.32. The highest BCUT2D eigenvalue weighted by atomic mass is 35.5. The maximum Gasteiger partial charge on any atom is 0.142 e. The summed E-state index contributed by atoms with van der Waals surface area (Å²) in [5.74, 6) is 1.51. The molecule has 0 spiro atoms. The molecule has 4 rings (SSSR count). The van der Waals surface area contributed by atoms with Gasteiger partial charge < -0.3 is 9.72 Å². The number of rotatable bonds is 4. The Labute approximate surface area is 151 Å². The van der Waals surface area contributed by atoms with Gasteiger partial charge in [-0.1, -0.05) is 53.6 Å². The standard InChI is InChI=1S/C21H17ClN2O/c1-14-6-8-15(9-7-14)13-25-20-11-10-16(22)12-17(20)21-23-18-4-2-3-5-19(18)24-21/h2-12H,13H2,1H3,(H,23,24). The molecule has 0 radical (unpaired) electrons. The molecule has 0 atom stereocenters. The third kappa shape index (κ3) is 3.37. The van der Waals surface area contributed by atoms with Crippen molar-refractivity contribution < 1.29 is 4.74 Å². The number of H-pyrrole nitrogens is 1. The summed E-state index contributed by atoms with van der Waals surface area (Å²) >= 11 is 6.20. The molecule has 1 N–H and O–H groups in total. The fourth-order valence-corrected chi connectivity index (χ4v) is 2.91. The highest BCUT2D eigenvalue weighted by molar-refractivity contribution is 6.30. The van der Waals surface area contributed by atoms with Crippen LogP contribution in [0.15, 0.2) is 66.7 Å². The van der Waals surface area contributed by atoms with E-state index in [0.29, 0.717) is 11.6 Å². The van der Waals surface area contributed by atoms with Crippen LogP contribution in [0.5, 0.6) is 5.75 Å². The van der Waals surface area contributed by atoms with E-state index < -0.39 is 0 Å². The lowest BCUT2D eigenvalue weighted by molar-refractivity contribution is 0.307. The predicted octanol–water partition coefficient (Wildman–Crippen LogP) is 5.77. The SMILES string of the molecule is Cc1ccc(COc2ccc(Cl)cc2-c2nc3ccccc3[nH]2)cc1. The second-order valence-electron chi connectivity index (χ2n) is 6.02. The summed E-state index contributed by atoms with van der Waals surface area (Å²) in [6.45, 7) is 2.57. The van der Waals surface area contributed by atoms with Crippen molar-refractivity contribution in [2.75, 3.05) is 0 Å². The van der Waals surface area contributed by atoms with Crippen molar-refractivity contribution in [3.63, 3.8) is 0 Å². The van der Waals surface area contributed by atoms with Crippen LogP contribution in [0.4, 0.5) is 0 Å². The lowest BCUT2D eigenvalue weighted by atomic mass is 10.1. The lowest BCUT2D eigenvalue weighted by Gasteiger charge is -2.11. The predicted molar refractivity (Wildman–Crippen MR) is 102 cm³/mol. The minimum atomic E-state index is 0.495. The Kier molecular flexibility index (Phi) is 4.16. The monoisotopic (exact) mass is 348 g/mol. The first-order valence-electron chi connectivity index (χ1n) is 8.12. The number of halogens is 1. The number of nitrogens with zero attached hydrogens (tertiary/aromatic N) is 1. The molecule has 3 aromatic carbocycles. The Morgan fingerprint density at radius 2 is 1.80 bits per heavy atom. The van der Waals surface area contributed by atoms with E-state index in [0.717, 1.165) is 33.7 Å². The molecular weight excluding hydrogens is 332 g/mol. The van der Waals surface area contributed by atoms with Crippen LogP contribution in [-0.4, -0.2) is 9.97 Å². The number of para-hydroxylation sites is 2. The first-order chi connectivity index (χ1) is 12.2. The van der Waals surface area contributed by atoms with Crippen molar-refractivity contribution in [3.8, 4) is 17.1 Å². The molecule has 0 bridgehead atoms. The Balaban J connectivity index is 1.67. The number of ether oxygens (including phenoxy) is 1. The smallest absolute Gasteiger partial charge is 0.142 e. The van der Waals surface area contributed by atoms with Crippen LogP contribution in [0.1, 0.15) is 11.1 Å². The molecule has 0 unspecified atom stereocenters. The van der Waals surface area contributed by atoms with Gasteiger partial charge in [-0.05, 0) is 42.8 Å². The molecule has 0 aliphatic heterocycles. The van der Waals surface area contributed by atoms with Crippen LogP contribution in [0.2, 0.25) is 5.02 Å². The number of aryl methyl sites for hydroxylation is 1. The van der Waals surface area contributed by atoms with Gasteiger partial charge in [-0.15, -0.1) is 0 Å². The molecule has 0 amide bonds. The summed E-state index contributed by atoms with van der Waals surface area (Å²) in [6, 6.07) is 21.9. The molecule has 0 saturated heterocycles. The van der Waals surface area contributed by atoms with Gasteiger partial charge in [0.05, 0.1) is 16.6 Å². The van der Waals surface area contributed by atoms with Crippen molar-refractivity contribution in [2.45, 2.75) is 13.5 Å². The van der Waals surface area contributed by atoms with Crippen molar-refractivity contribution in [1.29, 1.82) is 0 Å². The molecule has 4 aromatic rings. The summed E-state index contributed by atoms with van der Waals surface area (Å²) in [5.41, 5.74) is 5.12. The van der Waals surface area contributed by atoms with Gasteiger partial charge in [0.2, 0.25) is 0 Å². The van der Waals surface area contributed by atoms with Crippen LogP contribution >= 0.6 is 11.6 Å². The molecule has 0 fully saturated rings. The second-order valence-corrected chi connectivity index (χ2v) is 6.45. The third-order valence-electron chi connectivity index (χ3n) is 4.10. The van der Waals surface area contributed by atoms with Crippen molar-refractivity contribution in [3.05, 3.63) is 82.9 Å². The van der Waals surface area contributed by atoms with Crippen molar-refractivity contribution in [2.24, 2.45) is 0 Å². The molecule has 3 nitrogen and oxygen atoms in total. The highest BCUT2D eigenvalue weighted by Gasteiger charge is 2.12. The van der Waals surface area contributed by atoms with Gasteiger partial charge in [-0.3, -0.25) is 0 Å². The molecule has 4 heteroatoms. The average molecular weight is 349 g/mol. The van der Waals surface area contributed by atoms with E-state index >= 15 is 0 Å². The van der Waals surface area contributed by atoms with E-state index in [2.05, 4.69) is 41.2 Å². The third-order valence-corrected chi connectivity index (χ3v) is 4.34. The molecule has 0 aliphatic carbocycles. The quantitative estimate of drug-likeness (QED) is 0.508. The fraction of sp³-hybridized carbons (Fsp3) is 0.0952. The van der Waals surface area contributed by atoms with E-state index in [9.17, 15) is 0 Å². The first-order valence-corrected chi connectivity index (χ1v) is 8.50. The number of aromatic amines is 1. The van der Waals surface area contributed by atoms with Gasteiger partial charge in [0.25, 0.3) is 0 Å².